The summed E-state index contributed by atoms with van der Waals surface area (Å²) in [5, 5.41) is 11.0. The lowest BCUT2D eigenvalue weighted by atomic mass is 9.97. The second-order valence-corrected chi connectivity index (χ2v) is 5.91. The first-order valence-electron chi connectivity index (χ1n) is 5.28. The zero-order valence-electron chi connectivity index (χ0n) is 9.55. The lowest BCUT2D eigenvalue weighted by Gasteiger charge is -2.29. The van der Waals surface area contributed by atoms with Crippen molar-refractivity contribution < 1.29 is 23.1 Å². The first-order chi connectivity index (χ1) is 7.86. The molecule has 1 aliphatic rings. The first-order valence-corrected chi connectivity index (χ1v) is 6.89. The van der Waals surface area contributed by atoms with Crippen molar-refractivity contribution in [3.63, 3.8) is 0 Å². The summed E-state index contributed by atoms with van der Waals surface area (Å²) in [6, 6.07) is 0. The number of nitrogens with zero attached hydrogens (tertiary/aromatic N) is 1. The van der Waals surface area contributed by atoms with Gasteiger partial charge in [-0.2, -0.15) is 0 Å². The minimum Gasteiger partial charge on any atom is -0.480 e. The van der Waals surface area contributed by atoms with Crippen molar-refractivity contribution >= 4 is 21.9 Å². The van der Waals surface area contributed by atoms with Gasteiger partial charge in [0.1, 0.15) is 0 Å². The molecule has 1 fully saturated rings. The van der Waals surface area contributed by atoms with Crippen LogP contribution in [0.1, 0.15) is 12.8 Å². The zero-order valence-corrected chi connectivity index (χ0v) is 10.4. The van der Waals surface area contributed by atoms with E-state index in [0.29, 0.717) is 12.8 Å². The van der Waals surface area contributed by atoms with Crippen LogP contribution < -0.4 is 5.32 Å². The fourth-order valence-corrected chi connectivity index (χ4v) is 3.11. The van der Waals surface area contributed by atoms with Crippen LogP contribution in [0.15, 0.2) is 0 Å². The number of carbonyl (C=O) groups excluding carboxylic acids is 1. The van der Waals surface area contributed by atoms with Crippen LogP contribution in [0.5, 0.6) is 0 Å². The van der Waals surface area contributed by atoms with E-state index in [2.05, 4.69) is 5.32 Å². The highest BCUT2D eigenvalue weighted by Gasteiger charge is 2.31. The number of carboxylic acids is 1. The summed E-state index contributed by atoms with van der Waals surface area (Å²) in [7, 11) is -2.20. The number of aliphatic carboxylic acids is 1. The predicted octanol–water partition coefficient (Wildman–Crippen LogP) is -1.14. The van der Waals surface area contributed by atoms with Crippen molar-refractivity contribution in [2.24, 2.45) is 5.92 Å². The van der Waals surface area contributed by atoms with Crippen LogP contribution >= 0.6 is 0 Å². The molecule has 1 rings (SSSR count). The molecule has 1 heterocycles. The van der Waals surface area contributed by atoms with Crippen molar-refractivity contribution in [2.45, 2.75) is 12.8 Å². The zero-order chi connectivity index (χ0) is 13.1. The van der Waals surface area contributed by atoms with Crippen LogP contribution in [0, 0.1) is 5.92 Å². The van der Waals surface area contributed by atoms with Gasteiger partial charge in [0, 0.05) is 26.1 Å². The predicted molar refractivity (Wildman–Crippen MR) is 59.8 cm³/mol. The molecule has 0 radical (unpaired) electrons. The minimum atomic E-state index is -3.74. The van der Waals surface area contributed by atoms with Crippen LogP contribution in [-0.2, 0) is 19.6 Å². The van der Waals surface area contributed by atoms with Gasteiger partial charge in [-0.05, 0) is 12.8 Å². The van der Waals surface area contributed by atoms with E-state index in [0.717, 1.165) is 4.31 Å². The third kappa shape index (κ3) is 3.67. The molecule has 0 aliphatic carbocycles. The van der Waals surface area contributed by atoms with Gasteiger partial charge in [0.25, 0.3) is 0 Å². The van der Waals surface area contributed by atoms with Crippen molar-refractivity contribution in [3.05, 3.63) is 0 Å². The Hall–Kier alpha value is -1.15. The molecule has 1 amide bonds. The standard InChI is InChI=1S/C9H16N2O5S/c1-10-9(14)7-2-4-11(5-3-7)17(15,16)6-8(12)13/h7H,2-6H2,1H3,(H,10,14)(H,12,13). The quantitative estimate of drug-likeness (QED) is 0.668. The van der Waals surface area contributed by atoms with E-state index in [-0.39, 0.29) is 24.9 Å². The Morgan fingerprint density at radius 3 is 2.29 bits per heavy atom. The highest BCUT2D eigenvalue weighted by atomic mass is 32.2. The Morgan fingerprint density at radius 1 is 1.35 bits per heavy atom. The summed E-state index contributed by atoms with van der Waals surface area (Å²) in [5.74, 6) is -2.53. The van der Waals surface area contributed by atoms with Gasteiger partial charge in [0.15, 0.2) is 5.75 Å². The van der Waals surface area contributed by atoms with Crippen LogP contribution in [0.4, 0.5) is 0 Å². The SMILES string of the molecule is CNC(=O)C1CCN(S(=O)(=O)CC(=O)O)CC1. The van der Waals surface area contributed by atoms with Crippen molar-refractivity contribution in [2.75, 3.05) is 25.9 Å². The van der Waals surface area contributed by atoms with Crippen LogP contribution in [0.3, 0.4) is 0 Å². The highest BCUT2D eigenvalue weighted by Crippen LogP contribution is 2.19. The van der Waals surface area contributed by atoms with Crippen molar-refractivity contribution in [1.29, 1.82) is 0 Å². The number of carbonyl (C=O) groups is 2. The van der Waals surface area contributed by atoms with E-state index in [1.807, 2.05) is 0 Å². The van der Waals surface area contributed by atoms with Gasteiger partial charge in [-0.1, -0.05) is 0 Å². The summed E-state index contributed by atoms with van der Waals surface area (Å²) in [5.41, 5.74) is 0. The van der Waals surface area contributed by atoms with Crippen molar-refractivity contribution in [1.82, 2.24) is 9.62 Å². The molecule has 0 aromatic heterocycles. The van der Waals surface area contributed by atoms with E-state index >= 15 is 0 Å². The summed E-state index contributed by atoms with van der Waals surface area (Å²) >= 11 is 0. The Balaban J connectivity index is 2.57. The van der Waals surface area contributed by atoms with Crippen molar-refractivity contribution in [3.8, 4) is 0 Å². The molecule has 0 aromatic rings. The molecule has 0 bridgehead atoms. The smallest absolute Gasteiger partial charge is 0.320 e. The molecule has 98 valence electrons. The molecule has 2 N–H and O–H groups in total. The molecule has 1 aliphatic heterocycles. The molecule has 7 nitrogen and oxygen atoms in total. The number of carboxylic acid groups (broad SMARTS) is 1. The molecule has 0 unspecified atom stereocenters. The van der Waals surface area contributed by atoms with E-state index < -0.39 is 21.7 Å². The third-order valence-electron chi connectivity index (χ3n) is 2.77. The number of amides is 1. The van der Waals surface area contributed by atoms with Gasteiger partial charge in [-0.15, -0.1) is 0 Å². The maximum Gasteiger partial charge on any atom is 0.320 e. The van der Waals surface area contributed by atoms with Gasteiger partial charge < -0.3 is 10.4 Å². The number of nitrogens with one attached hydrogen (secondary N) is 1. The average molecular weight is 264 g/mol. The molecule has 0 aromatic carbocycles. The Morgan fingerprint density at radius 2 is 1.88 bits per heavy atom. The van der Waals surface area contributed by atoms with Crippen LogP contribution in [-0.4, -0.2) is 55.6 Å². The fraction of sp³-hybridized carbons (Fsp3) is 0.778. The normalized spacial score (nSPS) is 18.9. The first kappa shape index (κ1) is 13.9. The van der Waals surface area contributed by atoms with E-state index in [1.54, 1.807) is 0 Å². The second kappa shape index (κ2) is 5.46. The largest absolute Gasteiger partial charge is 0.480 e. The van der Waals surface area contributed by atoms with E-state index in [4.69, 9.17) is 5.11 Å². The maximum atomic E-state index is 11.6. The van der Waals surface area contributed by atoms with Gasteiger partial charge in [0.05, 0.1) is 0 Å². The monoisotopic (exact) mass is 264 g/mol. The number of piperidine rings is 1. The van der Waals surface area contributed by atoms with Gasteiger partial charge >= 0.3 is 5.97 Å². The van der Waals surface area contributed by atoms with Gasteiger partial charge in [-0.25, -0.2) is 12.7 Å². The minimum absolute atomic E-state index is 0.0970. The number of rotatable bonds is 4. The summed E-state index contributed by atoms with van der Waals surface area (Å²) < 4.78 is 24.3. The summed E-state index contributed by atoms with van der Waals surface area (Å²) in [6.45, 7) is 0.404. The van der Waals surface area contributed by atoms with E-state index in [9.17, 15) is 18.0 Å². The Labute approximate surface area is 99.8 Å². The maximum absolute atomic E-state index is 11.6. The molecular formula is C9H16N2O5S. The third-order valence-corrected chi connectivity index (χ3v) is 4.53. The molecule has 1 saturated heterocycles. The van der Waals surface area contributed by atoms with Gasteiger partial charge in [0.2, 0.25) is 15.9 Å². The summed E-state index contributed by atoms with van der Waals surface area (Å²) in [4.78, 5) is 21.7. The fourth-order valence-electron chi connectivity index (χ4n) is 1.85. The lowest BCUT2D eigenvalue weighted by Crippen LogP contribution is -2.44. The molecule has 0 saturated carbocycles. The average Bonchev–Trinajstić information content (AvgIpc) is 2.26. The summed E-state index contributed by atoms with van der Waals surface area (Å²) in [6.07, 6.45) is 0.858. The Bertz CT molecular complexity index is 398. The molecule has 0 spiro atoms. The number of hydrogen-bond donors (Lipinski definition) is 2. The molecular weight excluding hydrogens is 248 g/mol. The topological polar surface area (TPSA) is 104 Å². The number of sulfonamides is 1. The number of hydrogen-bond acceptors (Lipinski definition) is 4. The molecule has 17 heavy (non-hydrogen) atoms. The van der Waals surface area contributed by atoms with Crippen LogP contribution in [0.25, 0.3) is 0 Å². The molecule has 8 heteroatoms. The second-order valence-electron chi connectivity index (χ2n) is 3.94. The lowest BCUT2D eigenvalue weighted by molar-refractivity contribution is -0.134. The Kier molecular flexibility index (Phi) is 4.47. The van der Waals surface area contributed by atoms with Crippen LogP contribution in [0.2, 0.25) is 0 Å². The highest BCUT2D eigenvalue weighted by molar-refractivity contribution is 7.89. The van der Waals surface area contributed by atoms with Gasteiger partial charge in [-0.3, -0.25) is 9.59 Å². The molecule has 0 atom stereocenters. The van der Waals surface area contributed by atoms with E-state index in [1.165, 1.54) is 7.05 Å².